The van der Waals surface area contributed by atoms with Crippen LogP contribution in [0.4, 0.5) is 0 Å². The van der Waals surface area contributed by atoms with Crippen molar-refractivity contribution >= 4 is 43.3 Å². The number of carbonyl (C=O) groups is 1. The second kappa shape index (κ2) is 6.86. The normalized spacial score (nSPS) is 17.9. The Bertz CT molecular complexity index is 868. The summed E-state index contributed by atoms with van der Waals surface area (Å²) in [5, 5.41) is -0.101. The molecule has 1 heterocycles. The molecule has 7 heteroatoms. The lowest BCUT2D eigenvalue weighted by Crippen LogP contribution is -2.32. The number of rotatable bonds is 3. The average molecular weight is 429 g/mol. The van der Waals surface area contributed by atoms with Crippen LogP contribution in [-0.2, 0) is 9.84 Å². The first-order valence-corrected chi connectivity index (χ1v) is 10.1. The largest absolute Gasteiger partial charge is 0.337 e. The molecule has 3 rings (SSSR count). The summed E-state index contributed by atoms with van der Waals surface area (Å²) in [6.45, 7) is 0.628. The van der Waals surface area contributed by atoms with Crippen molar-refractivity contribution in [2.75, 3.05) is 13.1 Å². The monoisotopic (exact) mass is 427 g/mol. The molecule has 1 saturated heterocycles. The van der Waals surface area contributed by atoms with Crippen molar-refractivity contribution in [1.29, 1.82) is 0 Å². The summed E-state index contributed by atoms with van der Waals surface area (Å²) in [7, 11) is -3.48. The van der Waals surface area contributed by atoms with Gasteiger partial charge in [0.05, 0.1) is 15.7 Å². The van der Waals surface area contributed by atoms with Gasteiger partial charge in [-0.2, -0.15) is 0 Å². The molecule has 1 aliphatic heterocycles. The predicted octanol–water partition coefficient (Wildman–Crippen LogP) is 3.79. The van der Waals surface area contributed by atoms with Gasteiger partial charge in [-0.15, -0.1) is 0 Å². The fourth-order valence-corrected chi connectivity index (χ4v) is 5.06. The molecule has 24 heavy (non-hydrogen) atoms. The van der Waals surface area contributed by atoms with Gasteiger partial charge >= 0.3 is 0 Å². The number of carbonyl (C=O) groups excluding carboxylic acids is 1. The quantitative estimate of drug-likeness (QED) is 0.747. The van der Waals surface area contributed by atoms with Crippen molar-refractivity contribution in [2.24, 2.45) is 0 Å². The molecule has 1 fully saturated rings. The number of hydrogen-bond donors (Lipinski definition) is 0. The van der Waals surface area contributed by atoms with Crippen molar-refractivity contribution in [3.8, 4) is 0 Å². The highest BCUT2D eigenvalue weighted by Gasteiger charge is 2.36. The zero-order chi connectivity index (χ0) is 17.3. The summed E-state index contributed by atoms with van der Waals surface area (Å²) in [6.07, 6.45) is 0.432. The van der Waals surface area contributed by atoms with Gasteiger partial charge in [-0.05, 0) is 58.7 Å². The fourth-order valence-electron chi connectivity index (χ4n) is 2.79. The van der Waals surface area contributed by atoms with Crippen molar-refractivity contribution < 1.29 is 13.2 Å². The van der Waals surface area contributed by atoms with Crippen LogP contribution in [0.25, 0.3) is 0 Å². The fraction of sp³-hybridized carbons (Fsp3) is 0.235. The van der Waals surface area contributed by atoms with Gasteiger partial charge in [0.25, 0.3) is 5.91 Å². The first-order chi connectivity index (χ1) is 11.4. The molecule has 126 valence electrons. The Morgan fingerprint density at radius 2 is 1.79 bits per heavy atom. The van der Waals surface area contributed by atoms with Gasteiger partial charge in [-0.25, -0.2) is 8.42 Å². The van der Waals surface area contributed by atoms with E-state index in [-0.39, 0.29) is 17.3 Å². The Morgan fingerprint density at radius 1 is 1.12 bits per heavy atom. The summed E-state index contributed by atoms with van der Waals surface area (Å²) in [5.41, 5.74) is 0.544. The van der Waals surface area contributed by atoms with Gasteiger partial charge in [-0.3, -0.25) is 4.79 Å². The van der Waals surface area contributed by atoms with Crippen LogP contribution < -0.4 is 0 Å². The van der Waals surface area contributed by atoms with E-state index in [0.717, 1.165) is 0 Å². The highest BCUT2D eigenvalue weighted by atomic mass is 79.9. The molecule has 1 amide bonds. The highest BCUT2D eigenvalue weighted by Crippen LogP contribution is 2.27. The maximum atomic E-state index is 12.7. The van der Waals surface area contributed by atoms with Gasteiger partial charge in [0.15, 0.2) is 9.84 Å². The second-order valence-corrected chi connectivity index (χ2v) is 9.16. The number of hydrogen-bond acceptors (Lipinski definition) is 3. The maximum absolute atomic E-state index is 12.7. The maximum Gasteiger partial charge on any atom is 0.255 e. The van der Waals surface area contributed by atoms with E-state index < -0.39 is 15.1 Å². The van der Waals surface area contributed by atoms with Crippen LogP contribution in [0.5, 0.6) is 0 Å². The number of sulfone groups is 1. The lowest BCUT2D eigenvalue weighted by molar-refractivity contribution is 0.0792. The Morgan fingerprint density at radius 3 is 2.46 bits per heavy atom. The molecule has 2 aromatic carbocycles. The zero-order valence-electron chi connectivity index (χ0n) is 12.7. The number of benzene rings is 2. The third-order valence-electron chi connectivity index (χ3n) is 4.12. The number of amides is 1. The SMILES string of the molecule is O=C(c1ccccc1Br)N1CCC(S(=O)(=O)c2ccc(Cl)cc2)C1. The van der Waals surface area contributed by atoms with Crippen LogP contribution in [0.2, 0.25) is 5.02 Å². The molecule has 0 N–H and O–H groups in total. The summed E-state index contributed by atoms with van der Waals surface area (Å²) in [4.78, 5) is 14.4. The van der Waals surface area contributed by atoms with E-state index in [1.165, 1.54) is 12.1 Å². The molecule has 1 unspecified atom stereocenters. The number of likely N-dealkylation sites (tertiary alicyclic amines) is 1. The van der Waals surface area contributed by atoms with Gasteiger partial charge < -0.3 is 4.90 Å². The minimum atomic E-state index is -3.48. The van der Waals surface area contributed by atoms with Crippen molar-refractivity contribution in [1.82, 2.24) is 4.90 Å². The van der Waals surface area contributed by atoms with Crippen molar-refractivity contribution in [3.63, 3.8) is 0 Å². The van der Waals surface area contributed by atoms with Gasteiger partial charge in [-0.1, -0.05) is 23.7 Å². The number of nitrogens with zero attached hydrogens (tertiary/aromatic N) is 1. The minimum absolute atomic E-state index is 0.156. The molecule has 0 aromatic heterocycles. The van der Waals surface area contributed by atoms with E-state index in [9.17, 15) is 13.2 Å². The van der Waals surface area contributed by atoms with E-state index in [1.807, 2.05) is 6.07 Å². The zero-order valence-corrected chi connectivity index (χ0v) is 15.8. The Labute approximate surface area is 154 Å². The Hall–Kier alpha value is -1.37. The van der Waals surface area contributed by atoms with Crippen LogP contribution in [0.15, 0.2) is 57.9 Å². The molecule has 1 atom stereocenters. The summed E-state index contributed by atoms with van der Waals surface area (Å²) in [6, 6.07) is 13.3. The molecule has 2 aromatic rings. The molecule has 0 bridgehead atoms. The number of halogens is 2. The Balaban J connectivity index is 1.79. The van der Waals surface area contributed by atoms with E-state index in [4.69, 9.17) is 11.6 Å². The van der Waals surface area contributed by atoms with E-state index in [0.29, 0.717) is 28.0 Å². The van der Waals surface area contributed by atoms with E-state index in [1.54, 1.807) is 35.2 Å². The molecular weight excluding hydrogens is 414 g/mol. The topological polar surface area (TPSA) is 54.5 Å². The molecule has 0 spiro atoms. The van der Waals surface area contributed by atoms with Crippen LogP contribution in [-0.4, -0.2) is 37.6 Å². The van der Waals surface area contributed by atoms with Gasteiger partial charge in [0.2, 0.25) is 0 Å². The van der Waals surface area contributed by atoms with Gasteiger partial charge in [0.1, 0.15) is 0 Å². The summed E-state index contributed by atoms with van der Waals surface area (Å²) >= 11 is 9.18. The van der Waals surface area contributed by atoms with Gasteiger partial charge in [0, 0.05) is 22.6 Å². The molecule has 0 aliphatic carbocycles. The van der Waals surface area contributed by atoms with E-state index >= 15 is 0 Å². The minimum Gasteiger partial charge on any atom is -0.337 e. The average Bonchev–Trinajstić information content (AvgIpc) is 3.06. The smallest absolute Gasteiger partial charge is 0.255 e. The predicted molar refractivity (Wildman–Crippen MR) is 97.1 cm³/mol. The molecule has 0 saturated carbocycles. The third kappa shape index (κ3) is 3.36. The molecular formula is C17H15BrClNO3S. The second-order valence-electron chi connectivity index (χ2n) is 5.64. The van der Waals surface area contributed by atoms with Crippen LogP contribution in [0.1, 0.15) is 16.8 Å². The molecule has 4 nitrogen and oxygen atoms in total. The first kappa shape index (κ1) is 17.5. The third-order valence-corrected chi connectivity index (χ3v) is 7.25. The lowest BCUT2D eigenvalue weighted by atomic mass is 10.2. The standard InChI is InChI=1S/C17H15BrClNO3S/c18-16-4-2-1-3-15(16)17(21)20-10-9-14(11-20)24(22,23)13-7-5-12(19)6-8-13/h1-8,14H,9-11H2. The van der Waals surface area contributed by atoms with E-state index in [2.05, 4.69) is 15.9 Å². The summed E-state index contributed by atoms with van der Waals surface area (Å²) < 4.78 is 26.2. The van der Waals surface area contributed by atoms with Crippen LogP contribution >= 0.6 is 27.5 Å². The summed E-state index contributed by atoms with van der Waals surface area (Å²) in [5.74, 6) is -0.156. The van der Waals surface area contributed by atoms with Crippen molar-refractivity contribution in [3.05, 3.63) is 63.6 Å². The lowest BCUT2D eigenvalue weighted by Gasteiger charge is -2.17. The van der Waals surface area contributed by atoms with Crippen LogP contribution in [0.3, 0.4) is 0 Å². The molecule has 0 radical (unpaired) electrons. The first-order valence-electron chi connectivity index (χ1n) is 7.43. The highest BCUT2D eigenvalue weighted by molar-refractivity contribution is 9.10. The Kier molecular flexibility index (Phi) is 4.99. The van der Waals surface area contributed by atoms with Crippen molar-refractivity contribution in [2.45, 2.75) is 16.6 Å². The molecule has 1 aliphatic rings. The van der Waals surface area contributed by atoms with Crippen LogP contribution in [0, 0.1) is 0 Å².